The summed E-state index contributed by atoms with van der Waals surface area (Å²) in [6.45, 7) is 8.07. The number of rotatable bonds is 4. The molecule has 0 aliphatic rings. The van der Waals surface area contributed by atoms with Gasteiger partial charge in [0.05, 0.1) is 5.39 Å². The molecular formula is C14H25N5. The number of aromatic nitrogens is 3. The van der Waals surface area contributed by atoms with Gasteiger partial charge in [0.1, 0.15) is 17.8 Å². The highest BCUT2D eigenvalue weighted by Crippen LogP contribution is 2.22. The van der Waals surface area contributed by atoms with E-state index in [9.17, 15) is 0 Å². The first-order valence-corrected chi connectivity index (χ1v) is 6.80. The summed E-state index contributed by atoms with van der Waals surface area (Å²) in [5, 5.41) is 0.984. The van der Waals surface area contributed by atoms with E-state index in [0.29, 0.717) is 5.82 Å². The molecule has 19 heavy (non-hydrogen) atoms. The number of aryl methyl sites for hydroxylation is 2. The van der Waals surface area contributed by atoms with Crippen LogP contribution < -0.4 is 5.73 Å². The fourth-order valence-electron chi connectivity index (χ4n) is 2.07. The number of nitrogen functional groups attached to an aromatic ring is 1. The minimum atomic E-state index is 0.568. The third-order valence-electron chi connectivity index (χ3n) is 2.88. The highest BCUT2D eigenvalue weighted by Gasteiger charge is 2.09. The van der Waals surface area contributed by atoms with Crippen LogP contribution in [-0.2, 0) is 6.54 Å². The van der Waals surface area contributed by atoms with Gasteiger partial charge in [-0.3, -0.25) is 0 Å². The lowest BCUT2D eigenvalue weighted by Crippen LogP contribution is -2.15. The van der Waals surface area contributed by atoms with Crippen molar-refractivity contribution in [3.05, 3.63) is 18.1 Å². The fraction of sp³-hybridized carbons (Fsp3) is 0.571. The third-order valence-corrected chi connectivity index (χ3v) is 2.88. The van der Waals surface area contributed by atoms with Gasteiger partial charge in [-0.05, 0) is 39.5 Å². The van der Waals surface area contributed by atoms with Gasteiger partial charge in [-0.2, -0.15) is 0 Å². The maximum atomic E-state index is 5.87. The molecule has 2 aromatic heterocycles. The van der Waals surface area contributed by atoms with E-state index in [1.54, 1.807) is 0 Å². The molecule has 0 spiro atoms. The molecule has 0 fully saturated rings. The summed E-state index contributed by atoms with van der Waals surface area (Å²) in [6.07, 6.45) is 4.73. The zero-order valence-electron chi connectivity index (χ0n) is 12.6. The van der Waals surface area contributed by atoms with E-state index in [-0.39, 0.29) is 0 Å². The Morgan fingerprint density at radius 2 is 1.95 bits per heavy atom. The van der Waals surface area contributed by atoms with Crippen LogP contribution >= 0.6 is 0 Å². The Kier molecular flexibility index (Phi) is 5.76. The van der Waals surface area contributed by atoms with Crippen LogP contribution in [0.4, 0.5) is 5.82 Å². The van der Waals surface area contributed by atoms with Crippen molar-refractivity contribution in [1.82, 2.24) is 19.4 Å². The molecule has 0 saturated carbocycles. The average molecular weight is 263 g/mol. The van der Waals surface area contributed by atoms with Crippen LogP contribution in [0, 0.1) is 6.92 Å². The second-order valence-corrected chi connectivity index (χ2v) is 4.62. The van der Waals surface area contributed by atoms with E-state index in [0.717, 1.165) is 36.1 Å². The summed E-state index contributed by atoms with van der Waals surface area (Å²) < 4.78 is 2.16. The number of anilines is 1. The molecule has 0 unspecified atom stereocenters. The SMILES string of the molecule is CC.Cc1cn(CCCN(C)C)c2ncnc(N)c12. The summed E-state index contributed by atoms with van der Waals surface area (Å²) >= 11 is 0. The summed E-state index contributed by atoms with van der Waals surface area (Å²) in [4.78, 5) is 10.5. The lowest BCUT2D eigenvalue weighted by molar-refractivity contribution is 0.387. The van der Waals surface area contributed by atoms with Crippen molar-refractivity contribution in [3.63, 3.8) is 0 Å². The van der Waals surface area contributed by atoms with Gasteiger partial charge in [0, 0.05) is 12.7 Å². The summed E-state index contributed by atoms with van der Waals surface area (Å²) in [5.41, 5.74) is 7.95. The molecule has 2 aromatic rings. The molecule has 0 aliphatic heterocycles. The van der Waals surface area contributed by atoms with Gasteiger partial charge < -0.3 is 15.2 Å². The van der Waals surface area contributed by atoms with Crippen molar-refractivity contribution in [2.75, 3.05) is 26.4 Å². The topological polar surface area (TPSA) is 60.0 Å². The van der Waals surface area contributed by atoms with Crippen molar-refractivity contribution in [2.24, 2.45) is 0 Å². The van der Waals surface area contributed by atoms with E-state index in [1.807, 2.05) is 20.8 Å². The largest absolute Gasteiger partial charge is 0.383 e. The number of hydrogen-bond donors (Lipinski definition) is 1. The van der Waals surface area contributed by atoms with Gasteiger partial charge in [0.15, 0.2) is 0 Å². The third kappa shape index (κ3) is 3.67. The zero-order valence-corrected chi connectivity index (χ0v) is 12.6. The van der Waals surface area contributed by atoms with E-state index >= 15 is 0 Å². The summed E-state index contributed by atoms with van der Waals surface area (Å²) in [5.74, 6) is 0.568. The normalized spacial score (nSPS) is 10.6. The van der Waals surface area contributed by atoms with Gasteiger partial charge in [-0.25, -0.2) is 9.97 Å². The minimum absolute atomic E-state index is 0.568. The van der Waals surface area contributed by atoms with Crippen molar-refractivity contribution in [1.29, 1.82) is 0 Å². The molecule has 5 heteroatoms. The lowest BCUT2D eigenvalue weighted by Gasteiger charge is -2.10. The first kappa shape index (κ1) is 15.4. The second-order valence-electron chi connectivity index (χ2n) is 4.62. The van der Waals surface area contributed by atoms with Gasteiger partial charge >= 0.3 is 0 Å². The highest BCUT2D eigenvalue weighted by molar-refractivity contribution is 5.89. The summed E-state index contributed by atoms with van der Waals surface area (Å²) in [6, 6.07) is 0. The predicted molar refractivity (Wildman–Crippen MR) is 81.2 cm³/mol. The molecule has 0 saturated heterocycles. The van der Waals surface area contributed by atoms with Crippen molar-refractivity contribution >= 4 is 16.9 Å². The van der Waals surface area contributed by atoms with Crippen LogP contribution in [0.2, 0.25) is 0 Å². The van der Waals surface area contributed by atoms with Crippen molar-refractivity contribution in [3.8, 4) is 0 Å². The molecular weight excluding hydrogens is 238 g/mol. The number of nitrogens with zero attached hydrogens (tertiary/aromatic N) is 4. The van der Waals surface area contributed by atoms with E-state index in [2.05, 4.69) is 39.7 Å². The Balaban J connectivity index is 0.000000861. The summed E-state index contributed by atoms with van der Waals surface area (Å²) in [7, 11) is 4.17. The molecule has 0 radical (unpaired) electrons. The van der Waals surface area contributed by atoms with Crippen LogP contribution in [0.1, 0.15) is 25.8 Å². The monoisotopic (exact) mass is 263 g/mol. The predicted octanol–water partition coefficient (Wildman–Crippen LogP) is 2.30. The van der Waals surface area contributed by atoms with Crippen LogP contribution in [0.15, 0.2) is 12.5 Å². The molecule has 5 nitrogen and oxygen atoms in total. The fourth-order valence-corrected chi connectivity index (χ4v) is 2.07. The molecule has 0 bridgehead atoms. The molecule has 106 valence electrons. The average Bonchev–Trinajstić information content (AvgIpc) is 2.70. The van der Waals surface area contributed by atoms with Gasteiger partial charge in [0.2, 0.25) is 0 Å². The molecule has 0 aliphatic carbocycles. The molecule has 0 atom stereocenters. The van der Waals surface area contributed by atoms with E-state index in [1.165, 1.54) is 6.33 Å². The maximum absolute atomic E-state index is 5.87. The first-order valence-electron chi connectivity index (χ1n) is 6.80. The van der Waals surface area contributed by atoms with E-state index in [4.69, 9.17) is 5.73 Å². The number of nitrogens with two attached hydrogens (primary N) is 1. The molecule has 2 heterocycles. The molecule has 0 amide bonds. The Hall–Kier alpha value is -1.62. The molecule has 2 rings (SSSR count). The Bertz CT molecular complexity index is 516. The minimum Gasteiger partial charge on any atom is -0.383 e. The van der Waals surface area contributed by atoms with Gasteiger partial charge in [-0.1, -0.05) is 13.8 Å². The molecule has 2 N–H and O–H groups in total. The van der Waals surface area contributed by atoms with Crippen LogP contribution in [-0.4, -0.2) is 40.1 Å². The number of fused-ring (bicyclic) bond motifs is 1. The van der Waals surface area contributed by atoms with E-state index < -0.39 is 0 Å². The van der Waals surface area contributed by atoms with Crippen LogP contribution in [0.3, 0.4) is 0 Å². The maximum Gasteiger partial charge on any atom is 0.145 e. The second kappa shape index (κ2) is 7.09. The Labute approximate surface area is 115 Å². The lowest BCUT2D eigenvalue weighted by atomic mass is 10.2. The molecule has 0 aromatic carbocycles. The zero-order chi connectivity index (χ0) is 14.4. The quantitative estimate of drug-likeness (QED) is 0.919. The van der Waals surface area contributed by atoms with Crippen LogP contribution in [0.5, 0.6) is 0 Å². The smallest absolute Gasteiger partial charge is 0.145 e. The van der Waals surface area contributed by atoms with Crippen LogP contribution in [0.25, 0.3) is 11.0 Å². The van der Waals surface area contributed by atoms with Gasteiger partial charge in [0.25, 0.3) is 0 Å². The van der Waals surface area contributed by atoms with Crippen molar-refractivity contribution in [2.45, 2.75) is 33.7 Å². The Morgan fingerprint density at radius 1 is 1.26 bits per heavy atom. The highest BCUT2D eigenvalue weighted by atomic mass is 15.1. The number of hydrogen-bond acceptors (Lipinski definition) is 4. The van der Waals surface area contributed by atoms with Crippen molar-refractivity contribution < 1.29 is 0 Å². The first-order chi connectivity index (χ1) is 9.09. The standard InChI is InChI=1S/C12H19N5.C2H6/c1-9-7-17(6-4-5-16(2)3)12-10(9)11(13)14-8-15-12;1-2/h7-8H,4-6H2,1-3H3,(H2,13,14,15);1-2H3. The van der Waals surface area contributed by atoms with Gasteiger partial charge in [-0.15, -0.1) is 0 Å². The Morgan fingerprint density at radius 3 is 2.58 bits per heavy atom.